The van der Waals surface area contributed by atoms with E-state index in [1.807, 2.05) is 0 Å². The highest BCUT2D eigenvalue weighted by atomic mass is 14.2. The quantitative estimate of drug-likeness (QED) is 0.464. The van der Waals surface area contributed by atoms with Crippen LogP contribution in [0.2, 0.25) is 18.5 Å². The normalized spacial score (nSPS) is 38.5. The standard InChI is InChI=1S/C10H19B/c1-9-5-7-11-6-3-2-4-10(11)8-9/h9-10H,2-8H2,1H3. The van der Waals surface area contributed by atoms with Crippen LogP contribution in [-0.4, -0.2) is 6.71 Å². The van der Waals surface area contributed by atoms with E-state index in [9.17, 15) is 0 Å². The Kier molecular flexibility index (Phi) is 2.24. The van der Waals surface area contributed by atoms with Crippen molar-refractivity contribution in [2.24, 2.45) is 5.92 Å². The Hall–Kier alpha value is 0.0649. The molecule has 0 amide bonds. The van der Waals surface area contributed by atoms with E-state index in [-0.39, 0.29) is 0 Å². The minimum absolute atomic E-state index is 1.04. The first-order chi connectivity index (χ1) is 5.36. The number of hydrogen-bond donors (Lipinski definition) is 0. The molecule has 11 heavy (non-hydrogen) atoms. The van der Waals surface area contributed by atoms with Gasteiger partial charge in [0.2, 0.25) is 0 Å². The SMILES string of the molecule is CC1CCB2CCCCC2C1. The minimum atomic E-state index is 1.04. The Balaban J connectivity index is 1.93. The van der Waals surface area contributed by atoms with Gasteiger partial charge in [-0.2, -0.15) is 0 Å². The molecule has 2 aliphatic rings. The molecule has 0 spiro atoms. The van der Waals surface area contributed by atoms with Gasteiger partial charge in [-0.25, -0.2) is 0 Å². The zero-order valence-electron chi connectivity index (χ0n) is 7.68. The fraction of sp³-hybridized carbons (Fsp3) is 1.00. The highest BCUT2D eigenvalue weighted by Crippen LogP contribution is 2.41. The third kappa shape index (κ3) is 1.63. The molecule has 2 unspecified atom stereocenters. The summed E-state index contributed by atoms with van der Waals surface area (Å²) in [5.41, 5.74) is 0. The lowest BCUT2D eigenvalue weighted by Crippen LogP contribution is -2.30. The van der Waals surface area contributed by atoms with Gasteiger partial charge in [0.15, 0.2) is 0 Å². The summed E-state index contributed by atoms with van der Waals surface area (Å²) in [4.78, 5) is 0. The predicted molar refractivity (Wildman–Crippen MR) is 51.4 cm³/mol. The molecule has 2 rings (SSSR count). The molecule has 0 saturated carbocycles. The summed E-state index contributed by atoms with van der Waals surface area (Å²) >= 11 is 0. The van der Waals surface area contributed by atoms with Gasteiger partial charge in [0.25, 0.3) is 0 Å². The number of rotatable bonds is 0. The van der Waals surface area contributed by atoms with E-state index in [1.54, 1.807) is 25.5 Å². The molecule has 0 aromatic carbocycles. The van der Waals surface area contributed by atoms with Crippen molar-refractivity contribution >= 4 is 6.71 Å². The summed E-state index contributed by atoms with van der Waals surface area (Å²) in [5, 5.41) is 0. The second kappa shape index (κ2) is 3.20. The van der Waals surface area contributed by atoms with E-state index in [0.717, 1.165) is 18.4 Å². The molecule has 62 valence electrons. The van der Waals surface area contributed by atoms with E-state index in [2.05, 4.69) is 6.92 Å². The lowest BCUT2D eigenvalue weighted by molar-refractivity contribution is 0.429. The van der Waals surface area contributed by atoms with Gasteiger partial charge in [-0.15, -0.1) is 0 Å². The first-order valence-corrected chi connectivity index (χ1v) is 5.36. The van der Waals surface area contributed by atoms with Gasteiger partial charge in [0, 0.05) is 0 Å². The lowest BCUT2D eigenvalue weighted by atomic mass is 9.30. The predicted octanol–water partition coefficient (Wildman–Crippen LogP) is 3.47. The van der Waals surface area contributed by atoms with Crippen molar-refractivity contribution in [3.63, 3.8) is 0 Å². The smallest absolute Gasteiger partial charge is 0.0739 e. The molecular formula is C10H19B. The van der Waals surface area contributed by atoms with Gasteiger partial charge < -0.3 is 0 Å². The first kappa shape index (κ1) is 7.70. The molecule has 0 aromatic rings. The van der Waals surface area contributed by atoms with Crippen LogP contribution in [-0.2, 0) is 0 Å². The van der Waals surface area contributed by atoms with Crippen molar-refractivity contribution in [1.29, 1.82) is 0 Å². The zero-order valence-corrected chi connectivity index (χ0v) is 7.68. The Morgan fingerprint density at radius 1 is 1.09 bits per heavy atom. The molecule has 1 heteroatoms. The summed E-state index contributed by atoms with van der Waals surface area (Å²) in [5.74, 6) is 2.17. The Morgan fingerprint density at radius 3 is 2.91 bits per heavy atom. The highest BCUT2D eigenvalue weighted by Gasteiger charge is 2.32. The van der Waals surface area contributed by atoms with E-state index in [0.29, 0.717) is 0 Å². The molecule has 0 N–H and O–H groups in total. The maximum Gasteiger partial charge on any atom is 0.143 e. The summed E-state index contributed by atoms with van der Waals surface area (Å²) in [6, 6.07) is 0. The van der Waals surface area contributed by atoms with Crippen molar-refractivity contribution < 1.29 is 0 Å². The maximum absolute atomic E-state index is 2.44. The summed E-state index contributed by atoms with van der Waals surface area (Å²) < 4.78 is 0. The summed E-state index contributed by atoms with van der Waals surface area (Å²) in [6.07, 6.45) is 10.8. The molecule has 2 saturated heterocycles. The van der Waals surface area contributed by atoms with Crippen LogP contribution in [0.25, 0.3) is 0 Å². The van der Waals surface area contributed by atoms with Gasteiger partial charge in [0.05, 0.1) is 0 Å². The van der Waals surface area contributed by atoms with Crippen LogP contribution in [0.3, 0.4) is 0 Å². The van der Waals surface area contributed by atoms with Crippen molar-refractivity contribution in [1.82, 2.24) is 0 Å². The molecule has 0 aliphatic carbocycles. The van der Waals surface area contributed by atoms with Crippen LogP contribution in [0.15, 0.2) is 0 Å². The molecule has 0 radical (unpaired) electrons. The average Bonchev–Trinajstić information content (AvgIpc) is 2.04. The monoisotopic (exact) mass is 150 g/mol. The van der Waals surface area contributed by atoms with E-state index >= 15 is 0 Å². The van der Waals surface area contributed by atoms with Crippen molar-refractivity contribution in [2.45, 2.75) is 57.5 Å². The topological polar surface area (TPSA) is 0 Å². The third-order valence-corrected chi connectivity index (χ3v) is 3.80. The molecule has 0 aromatic heterocycles. The van der Waals surface area contributed by atoms with Crippen LogP contribution in [0.4, 0.5) is 0 Å². The van der Waals surface area contributed by atoms with Gasteiger partial charge >= 0.3 is 0 Å². The molecular weight excluding hydrogens is 131 g/mol. The fourth-order valence-corrected chi connectivity index (χ4v) is 3.11. The molecule has 2 fully saturated rings. The van der Waals surface area contributed by atoms with E-state index < -0.39 is 0 Å². The second-order valence-corrected chi connectivity index (χ2v) is 4.72. The van der Waals surface area contributed by atoms with Gasteiger partial charge in [-0.1, -0.05) is 57.5 Å². The van der Waals surface area contributed by atoms with Gasteiger partial charge in [-0.05, 0) is 5.92 Å². The van der Waals surface area contributed by atoms with Gasteiger partial charge in [-0.3, -0.25) is 0 Å². The first-order valence-electron chi connectivity index (χ1n) is 5.36. The zero-order chi connectivity index (χ0) is 7.68. The molecule has 0 nitrogen and oxygen atoms in total. The largest absolute Gasteiger partial charge is 0.143 e. The fourth-order valence-electron chi connectivity index (χ4n) is 3.11. The highest BCUT2D eigenvalue weighted by molar-refractivity contribution is 6.60. The van der Waals surface area contributed by atoms with Crippen molar-refractivity contribution in [3.05, 3.63) is 0 Å². The van der Waals surface area contributed by atoms with Crippen LogP contribution in [0.5, 0.6) is 0 Å². The molecule has 2 heterocycles. The van der Waals surface area contributed by atoms with E-state index in [1.165, 1.54) is 19.3 Å². The van der Waals surface area contributed by atoms with Crippen molar-refractivity contribution in [3.8, 4) is 0 Å². The Bertz CT molecular complexity index is 133. The second-order valence-electron chi connectivity index (χ2n) is 4.72. The van der Waals surface area contributed by atoms with Gasteiger partial charge in [0.1, 0.15) is 6.71 Å². The Morgan fingerprint density at radius 2 is 2.00 bits per heavy atom. The van der Waals surface area contributed by atoms with E-state index in [4.69, 9.17) is 0 Å². The third-order valence-electron chi connectivity index (χ3n) is 3.80. The van der Waals surface area contributed by atoms with Crippen LogP contribution in [0, 0.1) is 5.92 Å². The summed E-state index contributed by atoms with van der Waals surface area (Å²) in [6.45, 7) is 3.57. The maximum atomic E-state index is 2.44. The lowest BCUT2D eigenvalue weighted by Gasteiger charge is -2.36. The summed E-state index contributed by atoms with van der Waals surface area (Å²) in [7, 11) is 0. The van der Waals surface area contributed by atoms with Crippen LogP contribution < -0.4 is 0 Å². The van der Waals surface area contributed by atoms with Crippen LogP contribution in [0.1, 0.15) is 39.0 Å². The molecule has 0 bridgehead atoms. The number of hydrogen-bond acceptors (Lipinski definition) is 0. The molecule has 2 aliphatic heterocycles. The number of fused-ring (bicyclic) bond motifs is 1. The average molecular weight is 150 g/mol. The molecule has 2 atom stereocenters. The van der Waals surface area contributed by atoms with Crippen molar-refractivity contribution in [2.75, 3.05) is 0 Å². The minimum Gasteiger partial charge on any atom is -0.0739 e. The Labute approximate surface area is 70.8 Å². The van der Waals surface area contributed by atoms with Crippen LogP contribution >= 0.6 is 0 Å².